The molecule has 0 aliphatic heterocycles. The minimum atomic E-state index is 0.162. The molecule has 0 amide bonds. The van der Waals surface area contributed by atoms with Crippen molar-refractivity contribution < 1.29 is 5.11 Å². The van der Waals surface area contributed by atoms with Crippen LogP contribution in [0.5, 0.6) is 0 Å². The Kier molecular flexibility index (Phi) is 2.98. The third kappa shape index (κ3) is 2.08. The Labute approximate surface area is 105 Å². The minimum Gasteiger partial charge on any atom is -0.512 e. The van der Waals surface area contributed by atoms with Crippen molar-refractivity contribution in [3.8, 4) is 0 Å². The summed E-state index contributed by atoms with van der Waals surface area (Å²) >= 11 is 4.33. The Morgan fingerprint density at radius 3 is 2.65 bits per heavy atom. The highest BCUT2D eigenvalue weighted by Crippen LogP contribution is 2.26. The molecule has 0 aliphatic carbocycles. The van der Waals surface area contributed by atoms with Crippen LogP contribution in [0.3, 0.4) is 0 Å². The van der Waals surface area contributed by atoms with Crippen LogP contribution in [0.1, 0.15) is 19.4 Å². The first kappa shape index (κ1) is 11.8. The number of H-pyrrole nitrogens is 1. The average Bonchev–Trinajstić information content (AvgIpc) is 2.59. The molecule has 1 aromatic carbocycles. The number of fused-ring (bicyclic) bond motifs is 1. The van der Waals surface area contributed by atoms with Crippen LogP contribution in [-0.2, 0) is 0 Å². The second-order valence-electron chi connectivity index (χ2n) is 4.02. The number of aliphatic hydroxyl groups excluding tert-OH is 1. The van der Waals surface area contributed by atoms with Crippen LogP contribution >= 0.6 is 12.6 Å². The van der Waals surface area contributed by atoms with E-state index < -0.39 is 0 Å². The van der Waals surface area contributed by atoms with Gasteiger partial charge in [-0.2, -0.15) is 0 Å². The maximum atomic E-state index is 9.63. The van der Waals surface area contributed by atoms with Gasteiger partial charge >= 0.3 is 0 Å². The topological polar surface area (TPSA) is 59.9 Å². The molecule has 1 heterocycles. The van der Waals surface area contributed by atoms with Crippen LogP contribution in [0.2, 0.25) is 0 Å². The summed E-state index contributed by atoms with van der Waals surface area (Å²) in [5.74, 6) is 0.162. The Balaban J connectivity index is 2.64. The van der Waals surface area contributed by atoms with Gasteiger partial charge in [-0.05, 0) is 25.5 Å². The number of aromatic nitrogens is 1. The van der Waals surface area contributed by atoms with Crippen LogP contribution in [0.25, 0.3) is 16.5 Å². The van der Waals surface area contributed by atoms with E-state index in [0.29, 0.717) is 11.3 Å². The summed E-state index contributed by atoms with van der Waals surface area (Å²) in [5, 5.41) is 18.4. The molecule has 0 atom stereocenters. The number of rotatable bonds is 2. The van der Waals surface area contributed by atoms with Gasteiger partial charge in [-0.25, -0.2) is 0 Å². The van der Waals surface area contributed by atoms with Gasteiger partial charge in [0, 0.05) is 33.3 Å². The lowest BCUT2D eigenvalue weighted by Gasteiger charge is -2.07. The molecule has 1 aromatic heterocycles. The normalized spacial score (nSPS) is 12.6. The summed E-state index contributed by atoms with van der Waals surface area (Å²) in [4.78, 5) is 4.00. The molecule has 17 heavy (non-hydrogen) atoms. The van der Waals surface area contributed by atoms with Gasteiger partial charge in [0.25, 0.3) is 0 Å². The summed E-state index contributed by atoms with van der Waals surface area (Å²) < 4.78 is 0. The Morgan fingerprint density at radius 1 is 1.35 bits per heavy atom. The van der Waals surface area contributed by atoms with Crippen molar-refractivity contribution in [3.63, 3.8) is 0 Å². The van der Waals surface area contributed by atoms with Gasteiger partial charge in [0.05, 0.1) is 5.76 Å². The maximum absolute atomic E-state index is 9.63. The highest BCUT2D eigenvalue weighted by atomic mass is 32.1. The van der Waals surface area contributed by atoms with E-state index in [-0.39, 0.29) is 5.76 Å². The highest BCUT2D eigenvalue weighted by Gasteiger charge is 2.10. The Morgan fingerprint density at radius 2 is 2.06 bits per heavy atom. The zero-order valence-electron chi connectivity index (χ0n) is 9.70. The molecule has 0 unspecified atom stereocenters. The van der Waals surface area contributed by atoms with Crippen molar-refractivity contribution in [1.29, 1.82) is 5.41 Å². The van der Waals surface area contributed by atoms with Crippen molar-refractivity contribution in [1.82, 2.24) is 4.98 Å². The van der Waals surface area contributed by atoms with E-state index in [2.05, 4.69) is 17.6 Å². The van der Waals surface area contributed by atoms with E-state index in [1.54, 1.807) is 13.8 Å². The lowest BCUT2D eigenvalue weighted by atomic mass is 10.00. The molecule has 88 valence electrons. The number of thiol groups is 1. The molecular weight excluding hydrogens is 232 g/mol. The van der Waals surface area contributed by atoms with Crippen molar-refractivity contribution in [2.45, 2.75) is 18.7 Å². The smallest absolute Gasteiger partial charge is 0.0987 e. The number of allylic oxidation sites excluding steroid dienone is 2. The van der Waals surface area contributed by atoms with E-state index >= 15 is 0 Å². The number of hydrogen-bond donors (Lipinski definition) is 4. The second kappa shape index (κ2) is 4.30. The molecule has 2 rings (SSSR count). The number of benzene rings is 1. The summed E-state index contributed by atoms with van der Waals surface area (Å²) in [6, 6.07) is 5.75. The number of hydrogen-bond acceptors (Lipinski definition) is 3. The summed E-state index contributed by atoms with van der Waals surface area (Å²) in [7, 11) is 0. The molecule has 0 saturated carbocycles. The predicted molar refractivity (Wildman–Crippen MR) is 74.2 cm³/mol. The van der Waals surface area contributed by atoms with Crippen LogP contribution in [0.15, 0.2) is 35.1 Å². The van der Waals surface area contributed by atoms with Gasteiger partial charge in [-0.1, -0.05) is 12.1 Å². The molecule has 0 bridgehead atoms. The first-order valence-corrected chi connectivity index (χ1v) is 5.71. The van der Waals surface area contributed by atoms with Gasteiger partial charge in [-0.15, -0.1) is 12.6 Å². The largest absolute Gasteiger partial charge is 0.512 e. The summed E-state index contributed by atoms with van der Waals surface area (Å²) in [6.45, 7) is 3.26. The van der Waals surface area contributed by atoms with Crippen molar-refractivity contribution in [2.24, 2.45) is 0 Å². The zero-order valence-corrected chi connectivity index (χ0v) is 10.6. The van der Waals surface area contributed by atoms with Crippen molar-refractivity contribution in [2.75, 3.05) is 0 Å². The summed E-state index contributed by atoms with van der Waals surface area (Å²) in [5.41, 5.74) is 2.71. The minimum absolute atomic E-state index is 0.162. The van der Waals surface area contributed by atoms with Crippen LogP contribution in [0.4, 0.5) is 0 Å². The molecule has 3 N–H and O–H groups in total. The first-order chi connectivity index (χ1) is 8.00. The Bertz CT molecular complexity index is 621. The van der Waals surface area contributed by atoms with E-state index in [0.717, 1.165) is 21.4 Å². The summed E-state index contributed by atoms with van der Waals surface area (Å²) in [6.07, 6.45) is 1.82. The third-order valence-electron chi connectivity index (χ3n) is 2.69. The van der Waals surface area contributed by atoms with E-state index in [1.165, 1.54) is 0 Å². The average molecular weight is 246 g/mol. The monoisotopic (exact) mass is 246 g/mol. The zero-order chi connectivity index (χ0) is 12.6. The molecule has 0 aliphatic rings. The standard InChI is InChI=1S/C13H14N2OS/c1-7(14)13(8(2)16)9-3-4-10-11(5-9)15-6-12(10)17/h3-6,14-17H,1-2H3/b13-8+,14-7?. The molecule has 0 spiro atoms. The van der Waals surface area contributed by atoms with Crippen LogP contribution in [-0.4, -0.2) is 15.8 Å². The first-order valence-electron chi connectivity index (χ1n) is 5.26. The fraction of sp³-hybridized carbons (Fsp3) is 0.154. The van der Waals surface area contributed by atoms with Gasteiger partial charge in [0.1, 0.15) is 0 Å². The second-order valence-corrected chi connectivity index (χ2v) is 4.50. The van der Waals surface area contributed by atoms with E-state index in [4.69, 9.17) is 5.41 Å². The number of nitrogens with one attached hydrogen (secondary N) is 2. The van der Waals surface area contributed by atoms with Crippen LogP contribution < -0.4 is 0 Å². The molecule has 2 aromatic rings. The van der Waals surface area contributed by atoms with Gasteiger partial charge < -0.3 is 15.5 Å². The number of aliphatic hydroxyl groups is 1. The molecule has 0 saturated heterocycles. The molecule has 3 nitrogen and oxygen atoms in total. The van der Waals surface area contributed by atoms with Gasteiger partial charge in [-0.3, -0.25) is 0 Å². The fourth-order valence-electron chi connectivity index (χ4n) is 1.96. The maximum Gasteiger partial charge on any atom is 0.0987 e. The molecule has 4 heteroatoms. The SMILES string of the molecule is CC(=N)/C(=C(/C)O)c1ccc2c(S)c[nH]c2c1. The van der Waals surface area contributed by atoms with Crippen LogP contribution in [0, 0.1) is 5.41 Å². The quantitative estimate of drug-likeness (QED) is 0.364. The molecule has 0 fully saturated rings. The Hall–Kier alpha value is -1.68. The van der Waals surface area contributed by atoms with Crippen molar-refractivity contribution >= 4 is 34.8 Å². The third-order valence-corrected chi connectivity index (χ3v) is 3.06. The highest BCUT2D eigenvalue weighted by molar-refractivity contribution is 7.80. The molecular formula is C13H14N2OS. The molecule has 0 radical (unpaired) electrons. The lowest BCUT2D eigenvalue weighted by Crippen LogP contribution is -1.98. The van der Waals surface area contributed by atoms with E-state index in [1.807, 2.05) is 24.4 Å². The van der Waals surface area contributed by atoms with Gasteiger partial charge in [0.15, 0.2) is 0 Å². The predicted octanol–water partition coefficient (Wildman–Crippen LogP) is 3.79. The fourth-order valence-corrected chi connectivity index (χ4v) is 2.22. The van der Waals surface area contributed by atoms with Crippen molar-refractivity contribution in [3.05, 3.63) is 35.7 Å². The lowest BCUT2D eigenvalue weighted by molar-refractivity contribution is 0.418. The van der Waals surface area contributed by atoms with E-state index in [9.17, 15) is 5.11 Å². The number of aromatic amines is 1. The van der Waals surface area contributed by atoms with Gasteiger partial charge in [0.2, 0.25) is 0 Å².